The first-order valence-electron chi connectivity index (χ1n) is 8.56. The van der Waals surface area contributed by atoms with Crippen LogP contribution in [0.4, 0.5) is 15.2 Å². The van der Waals surface area contributed by atoms with Crippen LogP contribution in [0.2, 0.25) is 5.02 Å². The molecule has 1 aromatic carbocycles. The van der Waals surface area contributed by atoms with Crippen molar-refractivity contribution in [2.75, 3.05) is 10.0 Å². The molecule has 3 aromatic rings. The van der Waals surface area contributed by atoms with Crippen LogP contribution in [0.3, 0.4) is 0 Å². The van der Waals surface area contributed by atoms with Crippen molar-refractivity contribution in [2.24, 2.45) is 0 Å². The Morgan fingerprint density at radius 2 is 2.11 bits per heavy atom. The number of fused-ring (bicyclic) bond motifs is 1. The Kier molecular flexibility index (Phi) is 5.22. The minimum absolute atomic E-state index is 0.0646. The first kappa shape index (κ1) is 19.1. The second-order valence-corrected chi connectivity index (χ2v) is 9.29. The number of hydrogen-bond donors (Lipinski definition) is 2. The number of hydrogen-bond acceptors (Lipinski definition) is 6. The number of sulfonamides is 1. The lowest BCUT2D eigenvalue weighted by atomic mass is 9.91. The number of aryl methyl sites for hydroxylation is 1. The minimum Gasteiger partial charge on any atom is -0.377 e. The molecule has 1 aliphatic carbocycles. The summed E-state index contributed by atoms with van der Waals surface area (Å²) < 4.78 is 41.8. The van der Waals surface area contributed by atoms with Gasteiger partial charge in [-0.1, -0.05) is 17.7 Å². The molecule has 2 aromatic heterocycles. The van der Waals surface area contributed by atoms with Crippen molar-refractivity contribution in [3.63, 3.8) is 0 Å². The van der Waals surface area contributed by atoms with Crippen LogP contribution in [0.15, 0.2) is 46.9 Å². The molecule has 0 aliphatic heterocycles. The number of anilines is 2. The molecule has 0 amide bonds. The summed E-state index contributed by atoms with van der Waals surface area (Å²) in [5.41, 5.74) is 2.40. The van der Waals surface area contributed by atoms with Crippen LogP contribution in [0.1, 0.15) is 30.1 Å². The number of rotatable bonds is 5. The largest absolute Gasteiger partial charge is 0.377 e. The maximum Gasteiger partial charge on any atom is 0.266 e. The molecule has 4 rings (SSSR count). The highest BCUT2D eigenvalue weighted by atomic mass is 35.5. The van der Waals surface area contributed by atoms with Gasteiger partial charge in [0.25, 0.3) is 10.0 Å². The van der Waals surface area contributed by atoms with Gasteiger partial charge in [-0.2, -0.15) is 0 Å². The van der Waals surface area contributed by atoms with Crippen LogP contribution in [0.25, 0.3) is 0 Å². The molecule has 2 heterocycles. The van der Waals surface area contributed by atoms with Crippen molar-refractivity contribution in [1.82, 2.24) is 9.97 Å². The normalized spacial score (nSPS) is 16.4. The van der Waals surface area contributed by atoms with Gasteiger partial charge in [0.1, 0.15) is 10.7 Å². The van der Waals surface area contributed by atoms with Crippen molar-refractivity contribution in [3.05, 3.63) is 64.1 Å². The second-order valence-electron chi connectivity index (χ2n) is 6.33. The molecule has 0 fully saturated rings. The van der Waals surface area contributed by atoms with Crippen LogP contribution in [-0.2, 0) is 16.4 Å². The van der Waals surface area contributed by atoms with Crippen LogP contribution < -0.4 is 10.0 Å². The summed E-state index contributed by atoms with van der Waals surface area (Å²) in [7, 11) is -4.13. The molecule has 1 aliphatic rings. The Morgan fingerprint density at radius 3 is 2.89 bits per heavy atom. The quantitative estimate of drug-likeness (QED) is 0.607. The van der Waals surface area contributed by atoms with Gasteiger partial charge < -0.3 is 5.32 Å². The zero-order valence-corrected chi connectivity index (χ0v) is 16.9. The van der Waals surface area contributed by atoms with E-state index in [1.54, 1.807) is 11.6 Å². The number of nitrogens with one attached hydrogen (secondary N) is 2. The fourth-order valence-electron chi connectivity index (χ4n) is 3.23. The Balaban J connectivity index is 1.62. The fraction of sp³-hybridized carbons (Fsp3) is 0.222. The average molecular weight is 439 g/mol. The van der Waals surface area contributed by atoms with E-state index in [1.807, 2.05) is 12.1 Å². The summed E-state index contributed by atoms with van der Waals surface area (Å²) >= 11 is 7.38. The number of aromatic nitrogens is 2. The highest BCUT2D eigenvalue weighted by Crippen LogP contribution is 2.35. The molecule has 2 N–H and O–H groups in total. The predicted molar refractivity (Wildman–Crippen MR) is 108 cm³/mol. The molecule has 0 radical (unpaired) electrons. The number of nitrogens with zero attached hydrogens (tertiary/aromatic N) is 2. The van der Waals surface area contributed by atoms with E-state index in [2.05, 4.69) is 20.0 Å². The third kappa shape index (κ3) is 3.82. The zero-order valence-electron chi connectivity index (χ0n) is 14.5. The molecule has 10 heteroatoms. The van der Waals surface area contributed by atoms with E-state index in [1.165, 1.54) is 6.20 Å². The van der Waals surface area contributed by atoms with Crippen molar-refractivity contribution in [3.8, 4) is 0 Å². The molecular formula is C18H16ClFN4O2S2. The van der Waals surface area contributed by atoms with Gasteiger partial charge in [-0.15, -0.1) is 11.3 Å². The standard InChI is InChI=1S/C18H16ClFN4O2S2/c19-12-9-17(28(25,26)24-18-22-7-8-27-18)13(20)10-16(12)23-15-5-1-4-14-11(15)3-2-6-21-14/h2-3,6-10,15,23H,1,4-5H2,(H,22,24). The van der Waals surface area contributed by atoms with E-state index in [0.29, 0.717) is 5.69 Å². The molecule has 146 valence electrons. The number of thiazole rings is 1. The van der Waals surface area contributed by atoms with E-state index in [4.69, 9.17) is 11.6 Å². The number of benzene rings is 1. The van der Waals surface area contributed by atoms with Crippen LogP contribution in [-0.4, -0.2) is 18.4 Å². The third-order valence-electron chi connectivity index (χ3n) is 4.50. The number of halogens is 2. The Morgan fingerprint density at radius 1 is 1.25 bits per heavy atom. The summed E-state index contributed by atoms with van der Waals surface area (Å²) in [5.74, 6) is -0.891. The highest BCUT2D eigenvalue weighted by Gasteiger charge is 2.25. The molecule has 6 nitrogen and oxygen atoms in total. The van der Waals surface area contributed by atoms with Gasteiger partial charge in [-0.3, -0.25) is 9.71 Å². The molecule has 0 spiro atoms. The fourth-order valence-corrected chi connectivity index (χ4v) is 5.39. The first-order valence-corrected chi connectivity index (χ1v) is 11.3. The van der Waals surface area contributed by atoms with Crippen LogP contribution in [0, 0.1) is 5.82 Å². The lowest BCUT2D eigenvalue weighted by molar-refractivity contribution is 0.568. The molecule has 0 bridgehead atoms. The predicted octanol–water partition coefficient (Wildman–Crippen LogP) is 4.62. The van der Waals surface area contributed by atoms with Gasteiger partial charge in [-0.25, -0.2) is 17.8 Å². The monoisotopic (exact) mass is 438 g/mol. The SMILES string of the molecule is O=S(=O)(Nc1nccs1)c1cc(Cl)c(NC2CCCc3ncccc32)cc1F. The van der Waals surface area contributed by atoms with Gasteiger partial charge in [0.2, 0.25) is 0 Å². The van der Waals surface area contributed by atoms with Crippen molar-refractivity contribution < 1.29 is 12.8 Å². The molecule has 0 saturated carbocycles. The van der Waals surface area contributed by atoms with Gasteiger partial charge in [0.05, 0.1) is 16.8 Å². The average Bonchev–Trinajstić information content (AvgIpc) is 3.17. The minimum atomic E-state index is -4.13. The maximum atomic E-state index is 14.7. The lowest BCUT2D eigenvalue weighted by Crippen LogP contribution is -2.19. The third-order valence-corrected chi connectivity index (χ3v) is 6.99. The molecule has 1 unspecified atom stereocenters. The Hall–Kier alpha value is -2.23. The summed E-state index contributed by atoms with van der Waals surface area (Å²) in [6, 6.07) is 6.01. The summed E-state index contributed by atoms with van der Waals surface area (Å²) in [4.78, 5) is 7.72. The molecule has 28 heavy (non-hydrogen) atoms. The smallest absolute Gasteiger partial charge is 0.266 e. The van der Waals surface area contributed by atoms with Crippen LogP contribution >= 0.6 is 22.9 Å². The van der Waals surface area contributed by atoms with Gasteiger partial charge in [0, 0.05) is 23.5 Å². The maximum absolute atomic E-state index is 14.7. The lowest BCUT2D eigenvalue weighted by Gasteiger charge is -2.27. The Labute approximate surface area is 170 Å². The van der Waals surface area contributed by atoms with E-state index >= 15 is 0 Å². The topological polar surface area (TPSA) is 84.0 Å². The van der Waals surface area contributed by atoms with Gasteiger partial charge in [-0.05, 0) is 43.0 Å². The van der Waals surface area contributed by atoms with Gasteiger partial charge in [0.15, 0.2) is 5.13 Å². The summed E-state index contributed by atoms with van der Waals surface area (Å²) in [6.45, 7) is 0. The number of pyridine rings is 1. The van der Waals surface area contributed by atoms with E-state index < -0.39 is 20.7 Å². The zero-order chi connectivity index (χ0) is 19.7. The van der Waals surface area contributed by atoms with Crippen molar-refractivity contribution in [2.45, 2.75) is 30.2 Å². The highest BCUT2D eigenvalue weighted by molar-refractivity contribution is 7.93. The van der Waals surface area contributed by atoms with Crippen LogP contribution in [0.5, 0.6) is 0 Å². The summed E-state index contributed by atoms with van der Waals surface area (Å²) in [5, 5.41) is 5.13. The summed E-state index contributed by atoms with van der Waals surface area (Å²) in [6.07, 6.45) is 5.91. The van der Waals surface area contributed by atoms with E-state index in [0.717, 1.165) is 54.0 Å². The first-order chi connectivity index (χ1) is 13.4. The van der Waals surface area contributed by atoms with E-state index in [-0.39, 0.29) is 16.2 Å². The van der Waals surface area contributed by atoms with Gasteiger partial charge >= 0.3 is 0 Å². The molecule has 1 atom stereocenters. The molecular weight excluding hydrogens is 423 g/mol. The van der Waals surface area contributed by atoms with E-state index in [9.17, 15) is 12.8 Å². The Bertz CT molecular complexity index is 1110. The van der Waals surface area contributed by atoms with Crippen molar-refractivity contribution >= 4 is 43.8 Å². The van der Waals surface area contributed by atoms with Crippen molar-refractivity contribution in [1.29, 1.82) is 0 Å². The second kappa shape index (κ2) is 7.65. The molecule has 0 saturated heterocycles.